The smallest absolute Gasteiger partial charge is 0.652 e. The molecule has 0 aromatic carbocycles. The maximum absolute atomic E-state index is 9.34. The monoisotopic (exact) mass is 962 g/mol. The average Bonchev–Trinajstić information content (AvgIpc) is 2.72. The molecule has 0 amide bonds. The number of quaternary nitrogens is 2. The molecule has 0 bridgehead atoms. The van der Waals surface area contributed by atoms with Gasteiger partial charge in [-0.1, -0.05) is 0 Å². The van der Waals surface area contributed by atoms with Crippen LogP contribution >= 0.6 is 0 Å². The van der Waals surface area contributed by atoms with Crippen LogP contribution in [0.5, 0.6) is 0 Å². The van der Waals surface area contributed by atoms with E-state index in [0.717, 1.165) is 27.7 Å². The minimum Gasteiger partial charge on any atom is -0.652 e. The van der Waals surface area contributed by atoms with Crippen molar-refractivity contribution in [2.24, 2.45) is 0 Å². The van der Waals surface area contributed by atoms with Crippen molar-refractivity contribution in [1.29, 1.82) is 0 Å². The van der Waals surface area contributed by atoms with E-state index >= 15 is 0 Å². The van der Waals surface area contributed by atoms with Crippen molar-refractivity contribution in [3.05, 3.63) is 0 Å². The number of hydrogen-bond acceptors (Lipinski definition) is 27. The van der Waals surface area contributed by atoms with E-state index in [2.05, 4.69) is 0 Å². The van der Waals surface area contributed by atoms with Gasteiger partial charge in [-0.05, 0) is 58.5 Å². The molecule has 0 rings (SSSR count). The summed E-state index contributed by atoms with van der Waals surface area (Å²) in [6.45, 7) is 4.54. The van der Waals surface area contributed by atoms with Gasteiger partial charge < -0.3 is 147 Å². The molecular formula is C17H28N2O27Zr3. The second kappa shape index (κ2) is 66.9. The van der Waals surface area contributed by atoms with Gasteiger partial charge in [0.05, 0.1) is 48.3 Å². The van der Waals surface area contributed by atoms with Crippen molar-refractivity contribution in [3.63, 3.8) is 0 Å². The summed E-state index contributed by atoms with van der Waals surface area (Å²) in [6.07, 6.45) is -17.0. The Bertz CT molecular complexity index is 663. The predicted molar refractivity (Wildman–Crippen MR) is 106 cm³/mol. The van der Waals surface area contributed by atoms with Crippen molar-refractivity contribution < 1.29 is 214 Å². The normalized spacial score (nSPS) is 9.14. The first-order chi connectivity index (χ1) is 19.2. The zero-order chi connectivity index (χ0) is 38.5. The van der Waals surface area contributed by atoms with Crippen LogP contribution in [-0.2, 0) is 97.8 Å². The van der Waals surface area contributed by atoms with Gasteiger partial charge in [-0.3, -0.25) is 0 Å². The molecule has 0 aliphatic carbocycles. The summed E-state index contributed by atoms with van der Waals surface area (Å²) < 4.78 is 0. The van der Waals surface area contributed by atoms with Crippen LogP contribution in [-0.4, -0.2) is 99.5 Å². The molecule has 0 aromatic rings. The first-order valence-electron chi connectivity index (χ1n) is 9.19. The molecule has 4 unspecified atom stereocenters. The van der Waals surface area contributed by atoms with Gasteiger partial charge in [-0.15, -0.1) is 0 Å². The van der Waals surface area contributed by atoms with Gasteiger partial charge in [0.25, 0.3) is 0 Å². The van der Waals surface area contributed by atoms with E-state index in [9.17, 15) is 39.6 Å². The average molecular weight is 966 g/mol. The second-order valence-corrected chi connectivity index (χ2v) is 5.23. The second-order valence-electron chi connectivity index (χ2n) is 5.23. The van der Waals surface area contributed by atoms with Crippen molar-refractivity contribution in [3.8, 4) is 0 Å². The Morgan fingerprint density at radius 3 is 0.327 bits per heavy atom. The maximum Gasteiger partial charge on any atom is 4.00 e. The summed E-state index contributed by atoms with van der Waals surface area (Å²) in [7, 11) is 0. The Labute approximate surface area is 330 Å². The Hall–Kier alpha value is -3.36. The van der Waals surface area contributed by atoms with Gasteiger partial charge in [0.2, 0.25) is 0 Å². The molecule has 0 radical (unpaired) electrons. The molecule has 0 spiro atoms. The van der Waals surface area contributed by atoms with Crippen LogP contribution in [0.3, 0.4) is 0 Å². The Balaban J connectivity index is -0.0000000233. The summed E-state index contributed by atoms with van der Waals surface area (Å²) in [5.74, 6) is -5.74. The maximum atomic E-state index is 9.34. The number of hydrogen-bond donors (Lipinski definition) is 6. The van der Waals surface area contributed by atoms with E-state index in [4.69, 9.17) is 95.5 Å². The molecule has 0 saturated carbocycles. The topological polar surface area (TPSA) is 630 Å². The quantitative estimate of drug-likeness (QED) is 0.152. The van der Waals surface area contributed by atoms with Crippen LogP contribution in [0, 0.1) is 0 Å². The van der Waals surface area contributed by atoms with E-state index in [1.54, 1.807) is 0 Å². The predicted octanol–water partition coefficient (Wildman–Crippen LogP) is -19.0. The molecule has 280 valence electrons. The Morgan fingerprint density at radius 2 is 0.327 bits per heavy atom. The van der Waals surface area contributed by atoms with Gasteiger partial charge in [-0.2, -0.15) is 0 Å². The number of aliphatic hydroxyl groups excluding tert-OH is 4. The molecule has 0 fully saturated rings. The van der Waals surface area contributed by atoms with Crippen molar-refractivity contribution >= 4 is 54.7 Å². The zero-order valence-electron chi connectivity index (χ0n) is 25.5. The first kappa shape index (κ1) is 90.8. The standard InChI is InChI=1S/4C3H6O3.5CH2O3.2H3N.3Zr/c4*1-2(4)3(5)6;5*2-1(3)4;;;;;/h4*2,4H,1H3,(H,5,6);5*(H2,2,3,4);2*1H3;;;/q;;;;;;;;;;;3*+4/p-12. The van der Waals surface area contributed by atoms with E-state index in [1.165, 1.54) is 0 Å². The number of carboxylic acids is 4. The van der Waals surface area contributed by atoms with Crippen LogP contribution in [0.25, 0.3) is 0 Å². The fourth-order valence-corrected chi connectivity index (χ4v) is 0. The van der Waals surface area contributed by atoms with Gasteiger partial charge in [-0.25, -0.2) is 0 Å². The van der Waals surface area contributed by atoms with E-state index in [1.807, 2.05) is 0 Å². The molecule has 0 aliphatic rings. The Kier molecular flexibility index (Phi) is 124. The van der Waals surface area contributed by atoms with Gasteiger partial charge in [0.1, 0.15) is 0 Å². The fraction of sp³-hybridized carbons (Fsp3) is 0.471. The molecule has 0 aliphatic heterocycles. The summed E-state index contributed by atoms with van der Waals surface area (Å²) >= 11 is 0. The molecule has 0 aromatic heterocycles. The van der Waals surface area contributed by atoms with Gasteiger partial charge >= 0.3 is 78.6 Å². The molecular weight excluding hydrogens is 938 g/mol. The van der Waals surface area contributed by atoms with E-state index in [0.29, 0.717) is 0 Å². The van der Waals surface area contributed by atoms with E-state index < -0.39 is 79.1 Å². The molecule has 4 atom stereocenters. The third kappa shape index (κ3) is 508. The summed E-state index contributed by atoms with van der Waals surface area (Å²) in [4.78, 5) is 79.0. The zero-order valence-corrected chi connectivity index (χ0v) is 32.9. The number of aliphatic carboxylic acids is 4. The van der Waals surface area contributed by atoms with Crippen LogP contribution in [0.15, 0.2) is 0 Å². The number of carbonyl (C=O) groups excluding carboxylic acids is 9. The number of aliphatic hydroxyl groups is 4. The van der Waals surface area contributed by atoms with Crippen molar-refractivity contribution in [2.75, 3.05) is 0 Å². The van der Waals surface area contributed by atoms with Crippen molar-refractivity contribution in [2.45, 2.75) is 52.1 Å². The largest absolute Gasteiger partial charge is 4.00 e. The fourth-order valence-electron chi connectivity index (χ4n) is 0. The third-order valence-electron chi connectivity index (χ3n) is 1.36. The van der Waals surface area contributed by atoms with Gasteiger partial charge in [0, 0.05) is 0 Å². The molecule has 0 saturated heterocycles. The summed E-state index contributed by atoms with van der Waals surface area (Å²) in [5.41, 5.74) is 0. The molecule has 0 heterocycles. The summed E-state index contributed by atoms with van der Waals surface area (Å²) in [6, 6.07) is 0. The minimum absolute atomic E-state index is 0. The Morgan fingerprint density at radius 1 is 0.306 bits per heavy atom. The number of carboxylic acid groups (broad SMARTS) is 14. The first-order valence-corrected chi connectivity index (χ1v) is 9.19. The number of carbonyl (C=O) groups is 9. The van der Waals surface area contributed by atoms with Crippen LogP contribution in [0.2, 0.25) is 0 Å². The molecule has 32 heteroatoms. The van der Waals surface area contributed by atoms with Gasteiger partial charge in [0.15, 0.2) is 0 Å². The molecule has 29 nitrogen and oxygen atoms in total. The molecule has 49 heavy (non-hydrogen) atoms. The number of rotatable bonds is 4. The van der Waals surface area contributed by atoms with Crippen LogP contribution in [0.1, 0.15) is 27.7 Å². The molecule has 12 N–H and O–H groups in total. The van der Waals surface area contributed by atoms with E-state index in [-0.39, 0.29) is 90.9 Å². The van der Waals surface area contributed by atoms with Crippen LogP contribution < -0.4 is 83.8 Å². The van der Waals surface area contributed by atoms with Crippen molar-refractivity contribution in [1.82, 2.24) is 12.3 Å². The minimum atomic E-state index is -2.33. The SMILES string of the molecule is CC(O)C(=O)[O-].CC(O)C(=O)[O-].CC(O)C(=O)[O-].CC(O)C(=O)[O-].O=C([O-])[O-].O=C([O-])[O-].O=C([O-])[O-].O=C([O-])[O-].O=C([O-])[O-].[NH4+].[NH4+].[Zr+4].[Zr+4].[Zr+4]. The summed E-state index contributed by atoms with van der Waals surface area (Å²) in [5, 5.41) is 153. The third-order valence-corrected chi connectivity index (χ3v) is 1.36. The van der Waals surface area contributed by atoms with Crippen LogP contribution in [0.4, 0.5) is 24.0 Å².